The number of piperazine rings is 1. The molecule has 2 aromatic carbocycles. The minimum Gasteiger partial charge on any atom is -0.304 e. The van der Waals surface area contributed by atoms with Crippen molar-refractivity contribution in [3.05, 3.63) is 70.0 Å². The summed E-state index contributed by atoms with van der Waals surface area (Å²) in [6.07, 6.45) is 1.05. The second-order valence-corrected chi connectivity index (χ2v) is 7.40. The average Bonchev–Trinajstić information content (AvgIpc) is 2.95. The van der Waals surface area contributed by atoms with Gasteiger partial charge < -0.3 is 4.90 Å². The largest absolute Gasteiger partial charge is 0.304 e. The Hall–Kier alpha value is -0.840. The first-order valence-corrected chi connectivity index (χ1v) is 8.97. The van der Waals surface area contributed by atoms with Crippen LogP contribution in [-0.4, -0.2) is 43.0 Å². The van der Waals surface area contributed by atoms with Gasteiger partial charge in [0.1, 0.15) is 5.82 Å². The minimum atomic E-state index is -0.177. The van der Waals surface area contributed by atoms with E-state index in [1.165, 1.54) is 16.7 Å². The molecule has 1 heterocycles. The van der Waals surface area contributed by atoms with Crippen molar-refractivity contribution in [1.82, 2.24) is 9.80 Å². The molecule has 4 rings (SSSR count). The molecular weight excluding hydrogens is 394 g/mol. The van der Waals surface area contributed by atoms with Crippen LogP contribution in [0.1, 0.15) is 35.1 Å². The Morgan fingerprint density at radius 2 is 1.58 bits per heavy atom. The molecule has 2 aliphatic rings. The molecule has 2 aromatic rings. The summed E-state index contributed by atoms with van der Waals surface area (Å²) in [5.41, 5.74) is 3.88. The van der Waals surface area contributed by atoms with Crippen LogP contribution in [-0.2, 0) is 0 Å². The van der Waals surface area contributed by atoms with E-state index in [2.05, 4.69) is 29.0 Å². The minimum absolute atomic E-state index is 0. The van der Waals surface area contributed by atoms with Crippen LogP contribution in [0.2, 0.25) is 5.02 Å². The van der Waals surface area contributed by atoms with E-state index in [4.69, 9.17) is 11.6 Å². The Balaban J connectivity index is 0.00000121. The Kier molecular flexibility index (Phi) is 7.35. The molecule has 26 heavy (non-hydrogen) atoms. The maximum atomic E-state index is 13.3. The van der Waals surface area contributed by atoms with Gasteiger partial charge in [0.05, 0.1) is 0 Å². The van der Waals surface area contributed by atoms with Crippen LogP contribution in [0, 0.1) is 5.82 Å². The summed E-state index contributed by atoms with van der Waals surface area (Å²) in [4.78, 5) is 4.96. The van der Waals surface area contributed by atoms with Crippen LogP contribution in [0.15, 0.2) is 42.5 Å². The predicted molar refractivity (Wildman–Crippen MR) is 111 cm³/mol. The van der Waals surface area contributed by atoms with Gasteiger partial charge in [-0.25, -0.2) is 4.39 Å². The van der Waals surface area contributed by atoms with Crippen molar-refractivity contribution in [3.63, 3.8) is 0 Å². The summed E-state index contributed by atoms with van der Waals surface area (Å²) in [6, 6.07) is 13.6. The second kappa shape index (κ2) is 8.90. The van der Waals surface area contributed by atoms with Crippen molar-refractivity contribution in [1.29, 1.82) is 0 Å². The standard InChI is InChI=1S/C20H22ClFN2.2ClH/c1-23-8-10-24(11-9-23)20-13-18(14-2-5-16(22)6-3-14)17-7-4-15(21)12-19(17)20;;/h2-7,12,18,20H,8-11,13H2,1H3;2*1H/t18-,20-;;/m0../s1. The summed E-state index contributed by atoms with van der Waals surface area (Å²) >= 11 is 6.29. The van der Waals surface area contributed by atoms with Crippen molar-refractivity contribution in [3.8, 4) is 0 Å². The molecule has 1 aliphatic heterocycles. The number of rotatable bonds is 2. The Morgan fingerprint density at radius 1 is 0.923 bits per heavy atom. The molecule has 2 atom stereocenters. The van der Waals surface area contributed by atoms with Crippen molar-refractivity contribution >= 4 is 36.4 Å². The zero-order valence-corrected chi connectivity index (χ0v) is 17.1. The van der Waals surface area contributed by atoms with Gasteiger partial charge in [0, 0.05) is 43.2 Å². The van der Waals surface area contributed by atoms with E-state index in [1.54, 1.807) is 12.1 Å². The van der Waals surface area contributed by atoms with Gasteiger partial charge in [-0.05, 0) is 54.4 Å². The van der Waals surface area contributed by atoms with Gasteiger partial charge >= 0.3 is 0 Å². The van der Waals surface area contributed by atoms with Gasteiger partial charge in [0.25, 0.3) is 0 Å². The SMILES string of the molecule is CN1CCN([C@H]2C[C@@H](c3ccc(F)cc3)c3ccc(Cl)cc32)CC1.Cl.Cl. The third-order valence-corrected chi connectivity index (χ3v) is 5.73. The zero-order chi connectivity index (χ0) is 16.7. The monoisotopic (exact) mass is 416 g/mol. The first-order chi connectivity index (χ1) is 11.6. The second-order valence-electron chi connectivity index (χ2n) is 6.97. The maximum absolute atomic E-state index is 13.3. The molecule has 1 aliphatic carbocycles. The van der Waals surface area contributed by atoms with E-state index in [0.717, 1.165) is 37.6 Å². The highest BCUT2D eigenvalue weighted by molar-refractivity contribution is 6.30. The normalized spacial score (nSPS) is 23.0. The lowest BCUT2D eigenvalue weighted by Crippen LogP contribution is -2.45. The number of nitrogens with zero attached hydrogens (tertiary/aromatic N) is 2. The van der Waals surface area contributed by atoms with Crippen LogP contribution in [0.5, 0.6) is 0 Å². The maximum Gasteiger partial charge on any atom is 0.123 e. The van der Waals surface area contributed by atoms with Crippen LogP contribution in [0.25, 0.3) is 0 Å². The van der Waals surface area contributed by atoms with E-state index in [9.17, 15) is 4.39 Å². The first kappa shape index (κ1) is 21.5. The van der Waals surface area contributed by atoms with Gasteiger partial charge in [-0.3, -0.25) is 4.90 Å². The molecule has 1 saturated heterocycles. The van der Waals surface area contributed by atoms with E-state index in [0.29, 0.717) is 12.0 Å². The highest BCUT2D eigenvalue weighted by Crippen LogP contribution is 2.47. The quantitative estimate of drug-likeness (QED) is 0.667. The first-order valence-electron chi connectivity index (χ1n) is 8.59. The van der Waals surface area contributed by atoms with Crippen LogP contribution in [0.4, 0.5) is 4.39 Å². The molecule has 0 amide bonds. The van der Waals surface area contributed by atoms with Gasteiger partial charge in [-0.1, -0.05) is 29.8 Å². The van der Waals surface area contributed by atoms with Crippen molar-refractivity contribution in [2.45, 2.75) is 18.4 Å². The van der Waals surface area contributed by atoms with Gasteiger partial charge in [-0.2, -0.15) is 0 Å². The topological polar surface area (TPSA) is 6.48 Å². The fraction of sp³-hybridized carbons (Fsp3) is 0.400. The molecule has 6 heteroatoms. The van der Waals surface area contributed by atoms with Crippen molar-refractivity contribution in [2.75, 3.05) is 33.2 Å². The highest BCUT2D eigenvalue weighted by Gasteiger charge is 2.36. The fourth-order valence-corrected chi connectivity index (χ4v) is 4.30. The lowest BCUT2D eigenvalue weighted by Gasteiger charge is -2.37. The Bertz CT molecular complexity index is 730. The summed E-state index contributed by atoms with van der Waals surface area (Å²) < 4.78 is 13.3. The van der Waals surface area contributed by atoms with Gasteiger partial charge in [0.15, 0.2) is 0 Å². The molecule has 0 saturated carbocycles. The number of hydrogen-bond donors (Lipinski definition) is 0. The lowest BCUT2D eigenvalue weighted by atomic mass is 9.93. The summed E-state index contributed by atoms with van der Waals surface area (Å²) in [5, 5.41) is 0.799. The highest BCUT2D eigenvalue weighted by atomic mass is 35.5. The Morgan fingerprint density at radius 3 is 2.23 bits per heavy atom. The molecule has 2 nitrogen and oxygen atoms in total. The van der Waals surface area contributed by atoms with Crippen LogP contribution >= 0.6 is 36.4 Å². The number of likely N-dealkylation sites (N-methyl/N-ethyl adjacent to an activating group) is 1. The average molecular weight is 418 g/mol. The molecule has 0 radical (unpaired) electrons. The third-order valence-electron chi connectivity index (χ3n) is 5.49. The molecule has 0 aromatic heterocycles. The number of fused-ring (bicyclic) bond motifs is 1. The van der Waals surface area contributed by atoms with E-state index in [-0.39, 0.29) is 30.6 Å². The zero-order valence-electron chi connectivity index (χ0n) is 14.7. The molecule has 142 valence electrons. The molecule has 0 bridgehead atoms. The van der Waals surface area contributed by atoms with E-state index < -0.39 is 0 Å². The number of halogens is 4. The van der Waals surface area contributed by atoms with Gasteiger partial charge in [0.2, 0.25) is 0 Å². The van der Waals surface area contributed by atoms with Crippen molar-refractivity contribution < 1.29 is 4.39 Å². The van der Waals surface area contributed by atoms with Gasteiger partial charge in [-0.15, -0.1) is 24.8 Å². The molecule has 0 N–H and O–H groups in total. The molecule has 0 spiro atoms. The number of benzene rings is 2. The summed E-state index contributed by atoms with van der Waals surface area (Å²) in [5.74, 6) is 0.145. The van der Waals surface area contributed by atoms with Crippen LogP contribution in [0.3, 0.4) is 0 Å². The third kappa shape index (κ3) is 4.18. The Labute approximate surface area is 172 Å². The summed E-state index contributed by atoms with van der Waals surface area (Å²) in [6.45, 7) is 4.38. The fourth-order valence-electron chi connectivity index (χ4n) is 4.12. The van der Waals surface area contributed by atoms with E-state index >= 15 is 0 Å². The molecule has 1 fully saturated rings. The molecule has 0 unspecified atom stereocenters. The predicted octanol–water partition coefficient (Wildman–Crippen LogP) is 5.15. The molecular formula is C20H24Cl3FN2. The lowest BCUT2D eigenvalue weighted by molar-refractivity contribution is 0.110. The number of hydrogen-bond acceptors (Lipinski definition) is 2. The van der Waals surface area contributed by atoms with E-state index in [1.807, 2.05) is 18.2 Å². The van der Waals surface area contributed by atoms with Crippen molar-refractivity contribution in [2.24, 2.45) is 0 Å². The smallest absolute Gasteiger partial charge is 0.123 e. The van der Waals surface area contributed by atoms with Crippen LogP contribution < -0.4 is 0 Å². The summed E-state index contributed by atoms with van der Waals surface area (Å²) in [7, 11) is 2.18.